The van der Waals surface area contributed by atoms with Gasteiger partial charge in [0.15, 0.2) is 0 Å². The lowest BCUT2D eigenvalue weighted by Crippen LogP contribution is -2.37. The number of fused-ring (bicyclic) bond motifs is 3. The molecule has 1 aromatic carbocycles. The van der Waals surface area contributed by atoms with Gasteiger partial charge in [-0.25, -0.2) is 4.68 Å². The van der Waals surface area contributed by atoms with Crippen molar-refractivity contribution < 1.29 is 4.79 Å². The normalized spacial score (nSPS) is 12.6. The van der Waals surface area contributed by atoms with Crippen molar-refractivity contribution >= 4 is 37.4 Å². The fraction of sp³-hybridized carbons (Fsp3) is 0.389. The molecule has 2 heterocycles. The number of benzene rings is 1. The van der Waals surface area contributed by atoms with E-state index in [4.69, 9.17) is 0 Å². The number of nitrogens with one attached hydrogen (secondary N) is 1. The lowest BCUT2D eigenvalue weighted by atomic mass is 10.2. The summed E-state index contributed by atoms with van der Waals surface area (Å²) in [6, 6.07) is 7.21. The largest absolute Gasteiger partial charge is 0.354 e. The molecule has 0 unspecified atom stereocenters. The zero-order valence-electron chi connectivity index (χ0n) is 14.1. The van der Waals surface area contributed by atoms with E-state index < -0.39 is 6.04 Å². The summed E-state index contributed by atoms with van der Waals surface area (Å²) in [5, 5.41) is 8.86. The summed E-state index contributed by atoms with van der Waals surface area (Å²) in [6.45, 7) is 6.29. The Labute approximate surface area is 144 Å². The average molecular weight is 343 g/mol. The minimum absolute atomic E-state index is 0.170. The second-order valence-corrected chi connectivity index (χ2v) is 7.01. The van der Waals surface area contributed by atoms with Gasteiger partial charge in [-0.1, -0.05) is 31.5 Å². The Morgan fingerprint density at radius 2 is 2.12 bits per heavy atom. The highest BCUT2D eigenvalue weighted by Crippen LogP contribution is 2.32. The number of carbonyl (C=O) groups is 1. The van der Waals surface area contributed by atoms with Crippen LogP contribution in [-0.4, -0.2) is 22.2 Å². The topological polar surface area (TPSA) is 64.0 Å². The first-order valence-corrected chi connectivity index (χ1v) is 9.04. The van der Waals surface area contributed by atoms with E-state index in [0.717, 1.165) is 33.3 Å². The summed E-state index contributed by atoms with van der Waals surface area (Å²) in [4.78, 5) is 25.3. The van der Waals surface area contributed by atoms with Gasteiger partial charge in [0, 0.05) is 16.6 Å². The van der Waals surface area contributed by atoms with E-state index in [1.54, 1.807) is 18.3 Å². The van der Waals surface area contributed by atoms with Crippen LogP contribution in [0.3, 0.4) is 0 Å². The molecular weight excluding hydrogens is 322 g/mol. The van der Waals surface area contributed by atoms with Gasteiger partial charge >= 0.3 is 0 Å². The summed E-state index contributed by atoms with van der Waals surface area (Å²) in [7, 11) is 0. The molecule has 1 atom stereocenters. The third kappa shape index (κ3) is 2.82. The molecule has 1 amide bonds. The molecule has 3 rings (SSSR count). The van der Waals surface area contributed by atoms with Gasteiger partial charge in [-0.3, -0.25) is 9.59 Å². The Bertz CT molecular complexity index is 958. The van der Waals surface area contributed by atoms with Crippen molar-refractivity contribution in [2.75, 3.05) is 6.54 Å². The fourth-order valence-corrected chi connectivity index (χ4v) is 3.92. The molecule has 2 aromatic heterocycles. The van der Waals surface area contributed by atoms with Crippen molar-refractivity contribution in [1.29, 1.82) is 0 Å². The number of aromatic nitrogens is 2. The minimum Gasteiger partial charge on any atom is -0.354 e. The molecule has 1 N–H and O–H groups in total. The lowest BCUT2D eigenvalue weighted by Gasteiger charge is -2.15. The van der Waals surface area contributed by atoms with E-state index in [2.05, 4.69) is 17.3 Å². The molecule has 0 fully saturated rings. The number of thiophene rings is 1. The van der Waals surface area contributed by atoms with Crippen molar-refractivity contribution in [3.63, 3.8) is 0 Å². The van der Waals surface area contributed by atoms with Crippen LogP contribution in [0.1, 0.15) is 38.4 Å². The number of aryl methyl sites for hydroxylation is 1. The van der Waals surface area contributed by atoms with Gasteiger partial charge in [0.05, 0.1) is 15.8 Å². The molecule has 0 bridgehead atoms. The standard InChI is InChI=1S/C18H21N3O2S/c1-4-5-10-19-17(22)12(3)21-18(23)15-13-8-6-7-9-14(13)24-16(15)11(2)20-21/h6-9,12H,4-5,10H2,1-3H3,(H,19,22)/t12-/m0/s1. The number of unbranched alkanes of at least 4 members (excludes halogenated alkanes) is 1. The number of amides is 1. The minimum atomic E-state index is -0.629. The number of carbonyl (C=O) groups excluding carboxylic acids is 1. The Kier molecular flexibility index (Phi) is 4.66. The van der Waals surface area contributed by atoms with E-state index in [9.17, 15) is 9.59 Å². The molecule has 0 aliphatic heterocycles. The van der Waals surface area contributed by atoms with Gasteiger partial charge in [0.2, 0.25) is 5.91 Å². The first kappa shape index (κ1) is 16.6. The number of hydrogen-bond acceptors (Lipinski definition) is 4. The number of nitrogens with zero attached hydrogens (tertiary/aromatic N) is 2. The SMILES string of the molecule is CCCCNC(=O)[C@H](C)n1nc(C)c2sc3ccccc3c2c1=O. The van der Waals surface area contributed by atoms with Gasteiger partial charge < -0.3 is 5.32 Å². The highest BCUT2D eigenvalue weighted by molar-refractivity contribution is 7.26. The summed E-state index contributed by atoms with van der Waals surface area (Å²) >= 11 is 1.57. The molecule has 0 radical (unpaired) electrons. The van der Waals surface area contributed by atoms with E-state index in [-0.39, 0.29) is 11.5 Å². The molecule has 0 saturated heterocycles. The first-order chi connectivity index (χ1) is 11.5. The summed E-state index contributed by atoms with van der Waals surface area (Å²) in [5.74, 6) is -0.170. The van der Waals surface area contributed by atoms with E-state index in [1.165, 1.54) is 4.68 Å². The van der Waals surface area contributed by atoms with Gasteiger partial charge in [-0.05, 0) is 26.3 Å². The van der Waals surface area contributed by atoms with Crippen LogP contribution in [0.2, 0.25) is 0 Å². The Hall–Kier alpha value is -2.21. The first-order valence-electron chi connectivity index (χ1n) is 8.23. The van der Waals surface area contributed by atoms with Crippen LogP contribution in [0.5, 0.6) is 0 Å². The molecule has 0 aliphatic rings. The van der Waals surface area contributed by atoms with Gasteiger partial charge in [0.25, 0.3) is 5.56 Å². The maximum atomic E-state index is 13.0. The van der Waals surface area contributed by atoms with Crippen molar-refractivity contribution in [2.24, 2.45) is 0 Å². The van der Waals surface area contributed by atoms with Crippen LogP contribution in [0, 0.1) is 6.92 Å². The third-order valence-electron chi connectivity index (χ3n) is 4.18. The highest BCUT2D eigenvalue weighted by Gasteiger charge is 2.21. The lowest BCUT2D eigenvalue weighted by molar-refractivity contribution is -0.124. The van der Waals surface area contributed by atoms with Crippen molar-refractivity contribution in [1.82, 2.24) is 15.1 Å². The summed E-state index contributed by atoms with van der Waals surface area (Å²) in [6.07, 6.45) is 1.94. The van der Waals surface area contributed by atoms with E-state index in [0.29, 0.717) is 11.9 Å². The van der Waals surface area contributed by atoms with Crippen molar-refractivity contribution in [3.05, 3.63) is 40.3 Å². The molecule has 5 nitrogen and oxygen atoms in total. The zero-order chi connectivity index (χ0) is 17.3. The molecular formula is C18H21N3O2S. The number of rotatable bonds is 5. The monoisotopic (exact) mass is 343 g/mol. The molecule has 0 aliphatic carbocycles. The predicted molar refractivity (Wildman–Crippen MR) is 98.8 cm³/mol. The van der Waals surface area contributed by atoms with Crippen LogP contribution in [-0.2, 0) is 4.79 Å². The predicted octanol–water partition coefficient (Wildman–Crippen LogP) is 3.40. The highest BCUT2D eigenvalue weighted by atomic mass is 32.1. The number of hydrogen-bond donors (Lipinski definition) is 1. The molecule has 6 heteroatoms. The molecule has 24 heavy (non-hydrogen) atoms. The van der Waals surface area contributed by atoms with Crippen LogP contribution in [0.25, 0.3) is 20.2 Å². The van der Waals surface area contributed by atoms with Crippen molar-refractivity contribution in [2.45, 2.75) is 39.7 Å². The van der Waals surface area contributed by atoms with Gasteiger partial charge in [0.1, 0.15) is 6.04 Å². The summed E-state index contributed by atoms with van der Waals surface area (Å²) < 4.78 is 3.28. The Morgan fingerprint density at radius 1 is 1.38 bits per heavy atom. The average Bonchev–Trinajstić information content (AvgIpc) is 2.98. The molecule has 0 saturated carbocycles. The quantitative estimate of drug-likeness (QED) is 0.722. The van der Waals surface area contributed by atoms with Crippen molar-refractivity contribution in [3.8, 4) is 0 Å². The molecule has 3 aromatic rings. The second-order valence-electron chi connectivity index (χ2n) is 5.96. The third-order valence-corrected chi connectivity index (χ3v) is 5.46. The van der Waals surface area contributed by atoms with Crippen LogP contribution in [0.4, 0.5) is 0 Å². The molecule has 126 valence electrons. The van der Waals surface area contributed by atoms with Crippen LogP contribution >= 0.6 is 11.3 Å². The van der Waals surface area contributed by atoms with Crippen LogP contribution < -0.4 is 10.9 Å². The fourth-order valence-electron chi connectivity index (χ4n) is 2.79. The maximum Gasteiger partial charge on any atom is 0.276 e. The van der Waals surface area contributed by atoms with Gasteiger partial charge in [-0.15, -0.1) is 11.3 Å². The Balaban J connectivity index is 2.09. The van der Waals surface area contributed by atoms with E-state index >= 15 is 0 Å². The maximum absolute atomic E-state index is 13.0. The van der Waals surface area contributed by atoms with Crippen LogP contribution in [0.15, 0.2) is 29.1 Å². The second kappa shape index (κ2) is 6.73. The zero-order valence-corrected chi connectivity index (χ0v) is 14.9. The molecule has 0 spiro atoms. The smallest absolute Gasteiger partial charge is 0.276 e. The summed E-state index contributed by atoms with van der Waals surface area (Å²) in [5.41, 5.74) is 0.574. The van der Waals surface area contributed by atoms with Gasteiger partial charge in [-0.2, -0.15) is 5.10 Å². The van der Waals surface area contributed by atoms with E-state index in [1.807, 2.05) is 31.2 Å². The Morgan fingerprint density at radius 3 is 2.88 bits per heavy atom.